The number of hydrogen-bond donors (Lipinski definition) is 2. The number of amides is 2. The lowest BCUT2D eigenvalue weighted by Crippen LogP contribution is -2.21. The first-order chi connectivity index (χ1) is 14.4. The number of primary amides is 1. The van der Waals surface area contributed by atoms with Crippen LogP contribution in [0.25, 0.3) is 0 Å². The Morgan fingerprint density at radius 2 is 1.67 bits per heavy atom. The van der Waals surface area contributed by atoms with E-state index < -0.39 is 5.91 Å². The molecule has 0 saturated heterocycles. The molecule has 0 atom stereocenters. The molecule has 3 aromatic carbocycles. The SMILES string of the molecule is Cc1cccc(COc2ccc(NC(=O)COc3cccc(C(N)=O)c3)c(C)c2)c1. The van der Waals surface area contributed by atoms with Gasteiger partial charge in [-0.15, -0.1) is 0 Å². The van der Waals surface area contributed by atoms with E-state index in [0.717, 1.165) is 16.9 Å². The minimum Gasteiger partial charge on any atom is -0.489 e. The Bertz CT molecular complexity index is 1060. The highest BCUT2D eigenvalue weighted by Gasteiger charge is 2.08. The van der Waals surface area contributed by atoms with E-state index in [4.69, 9.17) is 15.2 Å². The first-order valence-electron chi connectivity index (χ1n) is 9.52. The number of nitrogens with two attached hydrogens (primary N) is 1. The molecule has 3 N–H and O–H groups in total. The van der Waals surface area contributed by atoms with E-state index >= 15 is 0 Å². The van der Waals surface area contributed by atoms with Crippen LogP contribution in [0.5, 0.6) is 11.5 Å². The molecule has 3 rings (SSSR count). The van der Waals surface area contributed by atoms with Gasteiger partial charge in [0.1, 0.15) is 18.1 Å². The molecule has 6 heteroatoms. The van der Waals surface area contributed by atoms with Crippen LogP contribution < -0.4 is 20.5 Å². The number of benzene rings is 3. The van der Waals surface area contributed by atoms with Crippen LogP contribution in [0.4, 0.5) is 5.69 Å². The maximum absolute atomic E-state index is 12.2. The van der Waals surface area contributed by atoms with Crippen LogP contribution in [0.2, 0.25) is 0 Å². The molecule has 3 aromatic rings. The Kier molecular flexibility index (Phi) is 6.70. The van der Waals surface area contributed by atoms with Gasteiger partial charge in [-0.3, -0.25) is 9.59 Å². The van der Waals surface area contributed by atoms with Gasteiger partial charge < -0.3 is 20.5 Å². The molecule has 6 nitrogen and oxygen atoms in total. The van der Waals surface area contributed by atoms with E-state index in [9.17, 15) is 9.59 Å². The second kappa shape index (κ2) is 9.60. The van der Waals surface area contributed by atoms with Crippen molar-refractivity contribution < 1.29 is 19.1 Å². The van der Waals surface area contributed by atoms with Crippen molar-refractivity contribution in [3.63, 3.8) is 0 Å². The third-order valence-electron chi connectivity index (χ3n) is 4.45. The lowest BCUT2D eigenvalue weighted by Gasteiger charge is -2.12. The van der Waals surface area contributed by atoms with Gasteiger partial charge in [0, 0.05) is 11.3 Å². The van der Waals surface area contributed by atoms with E-state index in [1.54, 1.807) is 24.3 Å². The van der Waals surface area contributed by atoms with Crippen molar-refractivity contribution in [3.05, 3.63) is 89.0 Å². The zero-order chi connectivity index (χ0) is 21.5. The van der Waals surface area contributed by atoms with Gasteiger partial charge in [0.05, 0.1) is 0 Å². The molecule has 0 aromatic heterocycles. The van der Waals surface area contributed by atoms with E-state index in [-0.39, 0.29) is 12.5 Å². The van der Waals surface area contributed by atoms with Gasteiger partial charge in [-0.1, -0.05) is 35.9 Å². The van der Waals surface area contributed by atoms with E-state index in [1.807, 2.05) is 44.2 Å². The summed E-state index contributed by atoms with van der Waals surface area (Å²) in [5.74, 6) is 0.269. The van der Waals surface area contributed by atoms with Gasteiger partial charge in [-0.05, 0) is 61.4 Å². The number of anilines is 1. The first kappa shape index (κ1) is 20.9. The number of nitrogens with one attached hydrogen (secondary N) is 1. The Balaban J connectivity index is 1.54. The summed E-state index contributed by atoms with van der Waals surface area (Å²) in [5, 5.41) is 2.82. The largest absolute Gasteiger partial charge is 0.489 e. The highest BCUT2D eigenvalue weighted by Crippen LogP contribution is 2.22. The maximum atomic E-state index is 12.2. The highest BCUT2D eigenvalue weighted by atomic mass is 16.5. The quantitative estimate of drug-likeness (QED) is 0.594. The van der Waals surface area contributed by atoms with Crippen molar-refractivity contribution >= 4 is 17.5 Å². The van der Waals surface area contributed by atoms with Crippen LogP contribution in [0.15, 0.2) is 66.7 Å². The number of hydrogen-bond acceptors (Lipinski definition) is 4. The van der Waals surface area contributed by atoms with Gasteiger partial charge in [-0.25, -0.2) is 0 Å². The standard InChI is InChI=1S/C24H24N2O4/c1-16-5-3-6-18(11-16)14-29-21-9-10-22(17(2)12-21)26-23(27)15-30-20-8-4-7-19(13-20)24(25)28/h3-13H,14-15H2,1-2H3,(H2,25,28)(H,26,27). The summed E-state index contributed by atoms with van der Waals surface area (Å²) in [6.07, 6.45) is 0. The van der Waals surface area contributed by atoms with Crippen LogP contribution in [0.1, 0.15) is 27.0 Å². The van der Waals surface area contributed by atoms with Crippen molar-refractivity contribution in [3.8, 4) is 11.5 Å². The Hall–Kier alpha value is -3.80. The molecule has 0 radical (unpaired) electrons. The van der Waals surface area contributed by atoms with Gasteiger partial charge >= 0.3 is 0 Å². The Labute approximate surface area is 175 Å². The summed E-state index contributed by atoms with van der Waals surface area (Å²) in [7, 11) is 0. The summed E-state index contributed by atoms with van der Waals surface area (Å²) < 4.78 is 11.3. The molecule has 2 amide bonds. The summed E-state index contributed by atoms with van der Waals surface area (Å²) in [4.78, 5) is 23.4. The third-order valence-corrected chi connectivity index (χ3v) is 4.45. The van der Waals surface area contributed by atoms with Crippen LogP contribution in [0, 0.1) is 13.8 Å². The molecule has 0 aliphatic rings. The zero-order valence-corrected chi connectivity index (χ0v) is 17.0. The molecule has 0 heterocycles. The van der Waals surface area contributed by atoms with Crippen molar-refractivity contribution in [2.75, 3.05) is 11.9 Å². The molecule has 0 fully saturated rings. The molecule has 0 aliphatic carbocycles. The van der Waals surface area contributed by atoms with Crippen molar-refractivity contribution in [1.29, 1.82) is 0 Å². The van der Waals surface area contributed by atoms with Gasteiger partial charge in [-0.2, -0.15) is 0 Å². The summed E-state index contributed by atoms with van der Waals surface area (Å²) in [6, 6.07) is 20.0. The predicted molar refractivity (Wildman–Crippen MR) is 116 cm³/mol. The van der Waals surface area contributed by atoms with Crippen LogP contribution in [0.3, 0.4) is 0 Å². The van der Waals surface area contributed by atoms with Crippen molar-refractivity contribution in [2.24, 2.45) is 5.73 Å². The second-order valence-electron chi connectivity index (χ2n) is 6.98. The van der Waals surface area contributed by atoms with Gasteiger partial charge in [0.25, 0.3) is 5.91 Å². The van der Waals surface area contributed by atoms with Crippen molar-refractivity contribution in [1.82, 2.24) is 0 Å². The molecular weight excluding hydrogens is 380 g/mol. The average Bonchev–Trinajstić information content (AvgIpc) is 2.73. The molecule has 0 spiro atoms. The van der Waals surface area contributed by atoms with Crippen LogP contribution >= 0.6 is 0 Å². The maximum Gasteiger partial charge on any atom is 0.262 e. The molecule has 0 aliphatic heterocycles. The number of ether oxygens (including phenoxy) is 2. The molecule has 0 saturated carbocycles. The zero-order valence-electron chi connectivity index (χ0n) is 17.0. The monoisotopic (exact) mass is 404 g/mol. The predicted octanol–water partition coefficient (Wildman–Crippen LogP) is 4.00. The van der Waals surface area contributed by atoms with Crippen LogP contribution in [-0.2, 0) is 11.4 Å². The summed E-state index contributed by atoms with van der Waals surface area (Å²) in [6.45, 7) is 4.23. The number of aryl methyl sites for hydroxylation is 2. The molecular formula is C24H24N2O4. The van der Waals surface area contributed by atoms with Gasteiger partial charge in [0.2, 0.25) is 5.91 Å². The number of carbonyl (C=O) groups excluding carboxylic acids is 2. The molecule has 154 valence electrons. The fourth-order valence-corrected chi connectivity index (χ4v) is 2.91. The van der Waals surface area contributed by atoms with Gasteiger partial charge in [0.15, 0.2) is 6.61 Å². The number of carbonyl (C=O) groups is 2. The topological polar surface area (TPSA) is 90.7 Å². The fourth-order valence-electron chi connectivity index (χ4n) is 2.91. The Morgan fingerprint density at radius 3 is 2.40 bits per heavy atom. The number of rotatable bonds is 8. The fraction of sp³-hybridized carbons (Fsp3) is 0.167. The molecule has 30 heavy (non-hydrogen) atoms. The molecule has 0 unspecified atom stereocenters. The average molecular weight is 404 g/mol. The highest BCUT2D eigenvalue weighted by molar-refractivity contribution is 5.94. The minimum atomic E-state index is -0.551. The second-order valence-corrected chi connectivity index (χ2v) is 6.98. The normalized spacial score (nSPS) is 10.3. The summed E-state index contributed by atoms with van der Waals surface area (Å²) >= 11 is 0. The Morgan fingerprint density at radius 1 is 0.900 bits per heavy atom. The van der Waals surface area contributed by atoms with Crippen molar-refractivity contribution in [2.45, 2.75) is 20.5 Å². The lowest BCUT2D eigenvalue weighted by molar-refractivity contribution is -0.118. The van der Waals surface area contributed by atoms with E-state index in [2.05, 4.69) is 11.4 Å². The van der Waals surface area contributed by atoms with E-state index in [0.29, 0.717) is 23.6 Å². The summed E-state index contributed by atoms with van der Waals surface area (Å²) in [5.41, 5.74) is 9.41. The molecule has 0 bridgehead atoms. The minimum absolute atomic E-state index is 0.187. The smallest absolute Gasteiger partial charge is 0.262 e. The van der Waals surface area contributed by atoms with Crippen LogP contribution in [-0.4, -0.2) is 18.4 Å². The van der Waals surface area contributed by atoms with E-state index in [1.165, 1.54) is 11.6 Å². The first-order valence-corrected chi connectivity index (χ1v) is 9.52. The lowest BCUT2D eigenvalue weighted by atomic mass is 10.1. The third kappa shape index (κ3) is 5.85.